The highest BCUT2D eigenvalue weighted by Gasteiger charge is 2.26. The molecule has 1 fully saturated rings. The fraction of sp³-hybridized carbons (Fsp3) is 0.812. The van der Waals surface area contributed by atoms with Crippen LogP contribution in [-0.4, -0.2) is 41.4 Å². The van der Waals surface area contributed by atoms with Gasteiger partial charge in [0.1, 0.15) is 0 Å². The molecular weight excluding hydrogens is 248 g/mol. The minimum atomic E-state index is 0.398. The Kier molecular flexibility index (Phi) is 5.22. The summed E-state index contributed by atoms with van der Waals surface area (Å²) in [5.41, 5.74) is 1.29. The number of rotatable bonds is 5. The highest BCUT2D eigenvalue weighted by atomic mass is 15.2. The van der Waals surface area contributed by atoms with E-state index in [1.54, 1.807) is 0 Å². The quantitative estimate of drug-likeness (QED) is 0.898. The van der Waals surface area contributed by atoms with Crippen LogP contribution in [0.5, 0.6) is 0 Å². The summed E-state index contributed by atoms with van der Waals surface area (Å²) in [5.74, 6) is 1.68. The van der Waals surface area contributed by atoms with Crippen molar-refractivity contribution < 1.29 is 0 Å². The van der Waals surface area contributed by atoms with Crippen molar-refractivity contribution in [3.8, 4) is 0 Å². The second kappa shape index (κ2) is 6.72. The Morgan fingerprint density at radius 2 is 2.15 bits per heavy atom. The third-order valence-corrected chi connectivity index (χ3v) is 4.74. The van der Waals surface area contributed by atoms with Gasteiger partial charge in [-0.25, -0.2) is 0 Å². The van der Waals surface area contributed by atoms with Crippen molar-refractivity contribution in [3.05, 3.63) is 18.0 Å². The van der Waals surface area contributed by atoms with Gasteiger partial charge in [0.25, 0.3) is 0 Å². The Morgan fingerprint density at radius 3 is 2.70 bits per heavy atom. The summed E-state index contributed by atoms with van der Waals surface area (Å²) in [5, 5.41) is 8.10. The van der Waals surface area contributed by atoms with Crippen molar-refractivity contribution in [2.75, 3.05) is 20.6 Å². The lowest BCUT2D eigenvalue weighted by Gasteiger charge is -2.35. The summed E-state index contributed by atoms with van der Waals surface area (Å²) in [6.45, 7) is 5.77. The molecule has 1 aliphatic carbocycles. The molecule has 4 nitrogen and oxygen atoms in total. The Bertz CT molecular complexity index is 412. The normalized spacial score (nSPS) is 28.8. The molecule has 1 aromatic rings. The van der Waals surface area contributed by atoms with E-state index in [4.69, 9.17) is 0 Å². The SMILES string of the molecule is CC1CCC(NCC(c2cnn(C)c2)N(C)C)C(C)C1. The molecule has 2 rings (SSSR count). The van der Waals surface area contributed by atoms with Crippen LogP contribution in [-0.2, 0) is 7.05 Å². The third-order valence-electron chi connectivity index (χ3n) is 4.74. The van der Waals surface area contributed by atoms with E-state index in [9.17, 15) is 0 Å². The molecule has 0 bridgehead atoms. The van der Waals surface area contributed by atoms with E-state index in [0.29, 0.717) is 12.1 Å². The molecule has 4 atom stereocenters. The average Bonchev–Trinajstić information content (AvgIpc) is 2.78. The fourth-order valence-corrected chi connectivity index (χ4v) is 3.44. The maximum atomic E-state index is 4.30. The van der Waals surface area contributed by atoms with Crippen molar-refractivity contribution in [2.45, 2.75) is 45.2 Å². The van der Waals surface area contributed by atoms with Crippen molar-refractivity contribution >= 4 is 0 Å². The first-order valence-corrected chi connectivity index (χ1v) is 7.85. The molecule has 4 unspecified atom stereocenters. The lowest BCUT2D eigenvalue weighted by atomic mass is 9.80. The number of hydrogen-bond acceptors (Lipinski definition) is 3. The van der Waals surface area contributed by atoms with Gasteiger partial charge < -0.3 is 10.2 Å². The highest BCUT2D eigenvalue weighted by Crippen LogP contribution is 2.29. The zero-order valence-electron chi connectivity index (χ0n) is 13.6. The van der Waals surface area contributed by atoms with Gasteiger partial charge in [-0.2, -0.15) is 5.10 Å². The Balaban J connectivity index is 1.93. The van der Waals surface area contributed by atoms with Gasteiger partial charge in [-0.05, 0) is 45.2 Å². The van der Waals surface area contributed by atoms with Gasteiger partial charge in [0, 0.05) is 37.4 Å². The lowest BCUT2D eigenvalue weighted by Crippen LogP contribution is -2.42. The Hall–Kier alpha value is -0.870. The largest absolute Gasteiger partial charge is 0.312 e. The maximum Gasteiger partial charge on any atom is 0.0538 e. The number of aromatic nitrogens is 2. The summed E-state index contributed by atoms with van der Waals surface area (Å²) >= 11 is 0. The van der Waals surface area contributed by atoms with Crippen LogP contribution in [0.2, 0.25) is 0 Å². The first-order chi connectivity index (χ1) is 9.47. The van der Waals surface area contributed by atoms with Gasteiger partial charge in [0.05, 0.1) is 6.20 Å². The molecule has 0 saturated heterocycles. The standard InChI is InChI=1S/C16H30N4/c1-12-6-7-15(13(2)8-12)17-10-16(19(3)4)14-9-18-20(5)11-14/h9,11-13,15-17H,6-8,10H2,1-5H3. The minimum Gasteiger partial charge on any atom is -0.312 e. The van der Waals surface area contributed by atoms with Crippen LogP contribution < -0.4 is 5.32 Å². The van der Waals surface area contributed by atoms with Crippen molar-refractivity contribution in [3.63, 3.8) is 0 Å². The number of nitrogens with one attached hydrogen (secondary N) is 1. The van der Waals surface area contributed by atoms with Crippen LogP contribution in [0.3, 0.4) is 0 Å². The second-order valence-electron chi connectivity index (χ2n) is 6.84. The van der Waals surface area contributed by atoms with Crippen molar-refractivity contribution in [1.82, 2.24) is 20.0 Å². The van der Waals surface area contributed by atoms with Crippen LogP contribution >= 0.6 is 0 Å². The predicted molar refractivity (Wildman–Crippen MR) is 83.6 cm³/mol. The zero-order chi connectivity index (χ0) is 14.7. The van der Waals surface area contributed by atoms with E-state index < -0.39 is 0 Å². The number of hydrogen-bond donors (Lipinski definition) is 1. The van der Waals surface area contributed by atoms with Crippen LogP contribution in [0.4, 0.5) is 0 Å². The molecule has 114 valence electrons. The summed E-state index contributed by atoms with van der Waals surface area (Å²) in [4.78, 5) is 2.28. The molecule has 20 heavy (non-hydrogen) atoms. The molecule has 4 heteroatoms. The molecule has 1 aromatic heterocycles. The first kappa shape index (κ1) is 15.5. The molecule has 0 spiro atoms. The van der Waals surface area contributed by atoms with Gasteiger partial charge in [0.2, 0.25) is 0 Å². The van der Waals surface area contributed by atoms with Gasteiger partial charge in [0.15, 0.2) is 0 Å². The van der Waals surface area contributed by atoms with Gasteiger partial charge in [-0.3, -0.25) is 4.68 Å². The molecular formula is C16H30N4. The first-order valence-electron chi connectivity index (χ1n) is 7.85. The van der Waals surface area contributed by atoms with Gasteiger partial charge in [-0.1, -0.05) is 13.8 Å². The molecule has 1 N–H and O–H groups in total. The zero-order valence-corrected chi connectivity index (χ0v) is 13.6. The predicted octanol–water partition coefficient (Wildman–Crippen LogP) is 2.44. The van der Waals surface area contributed by atoms with E-state index in [2.05, 4.69) is 49.5 Å². The smallest absolute Gasteiger partial charge is 0.0538 e. The molecule has 1 heterocycles. The van der Waals surface area contributed by atoms with Crippen LogP contribution in [0.25, 0.3) is 0 Å². The molecule has 0 radical (unpaired) electrons. The van der Waals surface area contributed by atoms with E-state index in [0.717, 1.165) is 18.4 Å². The minimum absolute atomic E-state index is 0.398. The summed E-state index contributed by atoms with van der Waals surface area (Å²) in [6, 6.07) is 1.07. The van der Waals surface area contributed by atoms with Crippen LogP contribution in [0, 0.1) is 11.8 Å². The van der Waals surface area contributed by atoms with Gasteiger partial charge >= 0.3 is 0 Å². The highest BCUT2D eigenvalue weighted by molar-refractivity contribution is 5.11. The van der Waals surface area contributed by atoms with E-state index >= 15 is 0 Å². The monoisotopic (exact) mass is 278 g/mol. The van der Waals surface area contributed by atoms with Crippen LogP contribution in [0.1, 0.15) is 44.7 Å². The van der Waals surface area contributed by atoms with Crippen molar-refractivity contribution in [1.29, 1.82) is 0 Å². The molecule has 0 aromatic carbocycles. The van der Waals surface area contributed by atoms with E-state index in [-0.39, 0.29) is 0 Å². The Labute approximate surface area is 123 Å². The van der Waals surface area contributed by atoms with E-state index in [1.165, 1.54) is 24.8 Å². The Morgan fingerprint density at radius 1 is 1.40 bits per heavy atom. The molecule has 0 aliphatic heterocycles. The molecule has 0 amide bonds. The summed E-state index contributed by atoms with van der Waals surface area (Å²) in [6.07, 6.45) is 8.14. The summed E-state index contributed by atoms with van der Waals surface area (Å²) < 4.78 is 1.89. The third kappa shape index (κ3) is 3.83. The number of likely N-dealkylation sites (N-methyl/N-ethyl adjacent to an activating group) is 1. The number of nitrogens with zero attached hydrogens (tertiary/aromatic N) is 3. The van der Waals surface area contributed by atoms with Gasteiger partial charge in [-0.15, -0.1) is 0 Å². The van der Waals surface area contributed by atoms with Crippen LogP contribution in [0.15, 0.2) is 12.4 Å². The second-order valence-corrected chi connectivity index (χ2v) is 6.84. The fourth-order valence-electron chi connectivity index (χ4n) is 3.44. The number of aryl methyl sites for hydroxylation is 1. The topological polar surface area (TPSA) is 33.1 Å². The summed E-state index contributed by atoms with van der Waals surface area (Å²) in [7, 11) is 6.27. The molecule has 1 saturated carbocycles. The van der Waals surface area contributed by atoms with E-state index in [1.807, 2.05) is 17.9 Å². The molecule has 1 aliphatic rings. The van der Waals surface area contributed by atoms with Crippen molar-refractivity contribution in [2.24, 2.45) is 18.9 Å². The lowest BCUT2D eigenvalue weighted by molar-refractivity contribution is 0.205. The maximum absolute atomic E-state index is 4.30. The average molecular weight is 278 g/mol.